The summed E-state index contributed by atoms with van der Waals surface area (Å²) in [6.07, 6.45) is -3.72. The van der Waals surface area contributed by atoms with Crippen molar-refractivity contribution in [1.82, 2.24) is 0 Å². The van der Waals surface area contributed by atoms with Gasteiger partial charge in [-0.1, -0.05) is 12.1 Å². The Morgan fingerprint density at radius 3 is 1.60 bits per heavy atom. The van der Waals surface area contributed by atoms with Crippen LogP contribution in [-0.4, -0.2) is 79.3 Å². The minimum atomic E-state index is -1.22. The van der Waals surface area contributed by atoms with Gasteiger partial charge >= 0.3 is 0 Å². The lowest BCUT2D eigenvalue weighted by Crippen LogP contribution is -2.37. The van der Waals surface area contributed by atoms with Crippen molar-refractivity contribution in [3.8, 4) is 57.5 Å². The summed E-state index contributed by atoms with van der Waals surface area (Å²) in [4.78, 5) is 0. The molecule has 12 heteroatoms. The number of aliphatic hydroxyl groups excluding tert-OH is 2. The molecule has 50 heavy (non-hydrogen) atoms. The maximum Gasteiger partial charge on any atom is 0.161 e. The van der Waals surface area contributed by atoms with Crippen LogP contribution in [0.25, 0.3) is 0 Å². The zero-order valence-electron chi connectivity index (χ0n) is 29.3. The highest BCUT2D eigenvalue weighted by molar-refractivity contribution is 5.66. The zero-order chi connectivity index (χ0) is 35.7. The van der Waals surface area contributed by atoms with Crippen molar-refractivity contribution < 1.29 is 57.6 Å². The minimum Gasteiger partial charge on any atom is -0.496 e. The molecule has 0 saturated carbocycles. The van der Waals surface area contributed by atoms with Crippen molar-refractivity contribution in [2.24, 2.45) is 0 Å². The number of fused-ring (bicyclic) bond motifs is 2. The first-order chi connectivity index (χ1) is 24.2. The third-order valence-corrected chi connectivity index (χ3v) is 9.32. The average Bonchev–Trinajstić information content (AvgIpc) is 3.15. The second-order valence-corrected chi connectivity index (χ2v) is 11.8. The van der Waals surface area contributed by atoms with Crippen molar-refractivity contribution in [1.29, 1.82) is 0 Å². The fourth-order valence-corrected chi connectivity index (χ4v) is 6.92. The van der Waals surface area contributed by atoms with Gasteiger partial charge in [0.05, 0.1) is 68.9 Å². The van der Waals surface area contributed by atoms with Crippen LogP contribution in [-0.2, 0) is 6.42 Å². The van der Waals surface area contributed by atoms with Gasteiger partial charge < -0.3 is 57.6 Å². The van der Waals surface area contributed by atoms with Gasteiger partial charge in [0.2, 0.25) is 0 Å². The van der Waals surface area contributed by atoms with Gasteiger partial charge in [0, 0.05) is 41.3 Å². The Hall–Kier alpha value is -5.20. The van der Waals surface area contributed by atoms with Crippen molar-refractivity contribution in [2.75, 3.05) is 56.9 Å². The van der Waals surface area contributed by atoms with Crippen molar-refractivity contribution in [3.05, 3.63) is 82.4 Å². The van der Waals surface area contributed by atoms with Crippen molar-refractivity contribution >= 4 is 0 Å². The molecule has 2 aliphatic rings. The van der Waals surface area contributed by atoms with E-state index >= 15 is 0 Å². The summed E-state index contributed by atoms with van der Waals surface area (Å²) in [5.74, 6) is 3.79. The largest absolute Gasteiger partial charge is 0.496 e. The van der Waals surface area contributed by atoms with Crippen LogP contribution < -0.4 is 47.4 Å². The van der Waals surface area contributed by atoms with Gasteiger partial charge in [0.15, 0.2) is 29.1 Å². The maximum absolute atomic E-state index is 12.5. The van der Waals surface area contributed by atoms with Gasteiger partial charge in [0.1, 0.15) is 46.7 Å². The molecule has 0 radical (unpaired) electrons. The number of ether oxygens (including phenoxy) is 10. The molecule has 0 fully saturated rings. The molecule has 0 aromatic heterocycles. The Labute approximate surface area is 290 Å². The van der Waals surface area contributed by atoms with Crippen molar-refractivity contribution in [2.45, 2.75) is 36.8 Å². The van der Waals surface area contributed by atoms with E-state index in [-0.39, 0.29) is 6.42 Å². The molecule has 0 amide bonds. The monoisotopic (exact) mass is 690 g/mol. The van der Waals surface area contributed by atoms with E-state index in [1.165, 1.54) is 7.11 Å². The summed E-state index contributed by atoms with van der Waals surface area (Å²) in [5, 5.41) is 24.1. The first-order valence-corrected chi connectivity index (χ1v) is 15.9. The standard InChI is InChI=1S/C38H42O12/c1-41-21-15-29(47-7)32-31(16-21)49-37(20-10-12-25(43-3)28(14-20)46-6)35(40)34(32)33-30(48-8)18-26(44-4)22-17-23(39)36(50-38(22)33)19-9-11-24(42-2)27(13-19)45-5/h9-16,18,23,34-37,39-40H,17H2,1-8H3/t23-,34+,35+,36+,37+/m0/s1. The molecule has 4 aromatic carbocycles. The molecule has 2 heterocycles. The van der Waals surface area contributed by atoms with E-state index in [4.69, 9.17) is 47.4 Å². The van der Waals surface area contributed by atoms with Gasteiger partial charge in [-0.05, 0) is 35.4 Å². The van der Waals surface area contributed by atoms with Gasteiger partial charge in [-0.25, -0.2) is 0 Å². The van der Waals surface area contributed by atoms with Gasteiger partial charge in [0.25, 0.3) is 0 Å². The molecular weight excluding hydrogens is 648 g/mol. The Balaban J connectivity index is 1.59. The van der Waals surface area contributed by atoms with Crippen LogP contribution in [0.5, 0.6) is 57.5 Å². The summed E-state index contributed by atoms with van der Waals surface area (Å²) in [5.41, 5.74) is 2.98. The number of methoxy groups -OCH3 is 8. The van der Waals surface area contributed by atoms with Crippen LogP contribution in [0.15, 0.2) is 54.6 Å². The highest BCUT2D eigenvalue weighted by Crippen LogP contribution is 2.58. The van der Waals surface area contributed by atoms with Crippen LogP contribution >= 0.6 is 0 Å². The summed E-state index contributed by atoms with van der Waals surface area (Å²) in [6, 6.07) is 15.9. The fourth-order valence-electron chi connectivity index (χ4n) is 6.92. The number of hydrogen-bond acceptors (Lipinski definition) is 12. The lowest BCUT2D eigenvalue weighted by Gasteiger charge is -2.41. The minimum absolute atomic E-state index is 0.180. The molecule has 2 aliphatic heterocycles. The maximum atomic E-state index is 12.5. The third-order valence-electron chi connectivity index (χ3n) is 9.32. The van der Waals surface area contributed by atoms with E-state index in [1.807, 2.05) is 12.1 Å². The van der Waals surface area contributed by atoms with Crippen LogP contribution in [0.1, 0.15) is 45.9 Å². The Kier molecular flexibility index (Phi) is 9.94. The summed E-state index contributed by atoms with van der Waals surface area (Å²) in [6.45, 7) is 0. The van der Waals surface area contributed by atoms with E-state index in [0.717, 1.165) is 0 Å². The van der Waals surface area contributed by atoms with Crippen LogP contribution in [0.3, 0.4) is 0 Å². The van der Waals surface area contributed by atoms with Crippen LogP contribution in [0.4, 0.5) is 0 Å². The molecule has 4 aromatic rings. The van der Waals surface area contributed by atoms with E-state index < -0.39 is 30.3 Å². The molecule has 12 nitrogen and oxygen atoms in total. The van der Waals surface area contributed by atoms with E-state index in [0.29, 0.717) is 85.3 Å². The quantitative estimate of drug-likeness (QED) is 0.208. The molecule has 0 unspecified atom stereocenters. The topological polar surface area (TPSA) is 133 Å². The molecule has 0 spiro atoms. The first kappa shape index (κ1) is 34.7. The second-order valence-electron chi connectivity index (χ2n) is 11.8. The highest BCUT2D eigenvalue weighted by atomic mass is 16.5. The smallest absolute Gasteiger partial charge is 0.161 e. The summed E-state index contributed by atoms with van der Waals surface area (Å²) in [7, 11) is 12.4. The number of benzene rings is 4. The van der Waals surface area contributed by atoms with Gasteiger partial charge in [-0.2, -0.15) is 0 Å². The number of rotatable bonds is 11. The lowest BCUT2D eigenvalue weighted by molar-refractivity contribution is 0.00114. The number of aliphatic hydroxyl groups is 2. The molecule has 2 N–H and O–H groups in total. The van der Waals surface area contributed by atoms with E-state index in [9.17, 15) is 10.2 Å². The lowest BCUT2D eigenvalue weighted by atomic mass is 9.77. The molecular formula is C38H42O12. The summed E-state index contributed by atoms with van der Waals surface area (Å²) < 4.78 is 58.8. The molecule has 0 aliphatic carbocycles. The van der Waals surface area contributed by atoms with Crippen molar-refractivity contribution in [3.63, 3.8) is 0 Å². The molecule has 266 valence electrons. The Bertz CT molecular complexity index is 1860. The highest BCUT2D eigenvalue weighted by Gasteiger charge is 2.46. The average molecular weight is 691 g/mol. The van der Waals surface area contributed by atoms with Crippen LogP contribution in [0, 0.1) is 0 Å². The second kappa shape index (κ2) is 14.3. The molecule has 6 rings (SSSR count). The predicted octanol–water partition coefficient (Wildman–Crippen LogP) is 5.42. The molecule has 5 atom stereocenters. The van der Waals surface area contributed by atoms with Gasteiger partial charge in [-0.3, -0.25) is 0 Å². The molecule has 0 bridgehead atoms. The number of hydrogen-bond donors (Lipinski definition) is 2. The van der Waals surface area contributed by atoms with Crippen LogP contribution in [0.2, 0.25) is 0 Å². The van der Waals surface area contributed by atoms with E-state index in [1.54, 1.807) is 92.2 Å². The fraction of sp³-hybridized carbons (Fsp3) is 0.368. The zero-order valence-corrected chi connectivity index (χ0v) is 29.3. The normalized spacial score (nSPS) is 20.6. The molecule has 0 saturated heterocycles. The SMILES string of the molecule is COc1cc(OC)c2c(c1)O[C@H](c1ccc(OC)c(OC)c1)[C@H](O)[C@H]2c1c(OC)cc(OC)c2c1O[C@H](c1ccc(OC)c(OC)c1)[C@@H](O)C2. The summed E-state index contributed by atoms with van der Waals surface area (Å²) >= 11 is 0. The third kappa shape index (κ3) is 5.88. The first-order valence-electron chi connectivity index (χ1n) is 15.9. The van der Waals surface area contributed by atoms with E-state index in [2.05, 4.69) is 0 Å². The van der Waals surface area contributed by atoms with Gasteiger partial charge in [-0.15, -0.1) is 0 Å². The Morgan fingerprint density at radius 2 is 1.06 bits per heavy atom. The predicted molar refractivity (Wildman–Crippen MR) is 182 cm³/mol. The Morgan fingerprint density at radius 1 is 0.520 bits per heavy atom.